The number of hydrogen-bond acceptors (Lipinski definition) is 3. The summed E-state index contributed by atoms with van der Waals surface area (Å²) in [7, 11) is 0. The minimum Gasteiger partial charge on any atom is -0.481 e. The maximum Gasteiger partial charge on any atom is 0.306 e. The summed E-state index contributed by atoms with van der Waals surface area (Å²) >= 11 is 0. The molecule has 1 aromatic rings. The van der Waals surface area contributed by atoms with Crippen LogP contribution in [0.4, 0.5) is 0 Å². The van der Waals surface area contributed by atoms with E-state index in [-0.39, 0.29) is 12.5 Å². The van der Waals surface area contributed by atoms with E-state index in [0.29, 0.717) is 19.2 Å². The van der Waals surface area contributed by atoms with Crippen LogP contribution in [0.3, 0.4) is 0 Å². The third-order valence-corrected chi connectivity index (χ3v) is 4.17. The van der Waals surface area contributed by atoms with E-state index in [9.17, 15) is 4.79 Å². The molecule has 116 valence electrons. The van der Waals surface area contributed by atoms with Crippen LogP contribution in [-0.4, -0.2) is 41.8 Å². The molecule has 0 saturated carbocycles. The van der Waals surface area contributed by atoms with Gasteiger partial charge >= 0.3 is 5.97 Å². The van der Waals surface area contributed by atoms with E-state index in [0.717, 1.165) is 19.4 Å². The van der Waals surface area contributed by atoms with Crippen molar-refractivity contribution in [3.8, 4) is 0 Å². The second-order valence-corrected chi connectivity index (χ2v) is 5.60. The largest absolute Gasteiger partial charge is 0.481 e. The van der Waals surface area contributed by atoms with Crippen molar-refractivity contribution < 1.29 is 14.6 Å². The first-order chi connectivity index (χ1) is 10.1. The van der Waals surface area contributed by atoms with Crippen LogP contribution in [-0.2, 0) is 16.0 Å². The molecular formula is C17H25NO3. The Hall–Kier alpha value is -1.39. The summed E-state index contributed by atoms with van der Waals surface area (Å²) in [5.41, 5.74) is 2.66. The van der Waals surface area contributed by atoms with Gasteiger partial charge in [0.05, 0.1) is 19.1 Å². The highest BCUT2D eigenvalue weighted by atomic mass is 16.5. The van der Waals surface area contributed by atoms with Crippen LogP contribution in [0, 0.1) is 0 Å². The number of ether oxygens (including phenoxy) is 1. The number of benzene rings is 1. The molecule has 21 heavy (non-hydrogen) atoms. The quantitative estimate of drug-likeness (QED) is 0.875. The lowest BCUT2D eigenvalue weighted by molar-refractivity contribution is -0.142. The molecule has 1 saturated heterocycles. The average Bonchev–Trinajstić information content (AvgIpc) is 2.48. The number of hydrogen-bond donors (Lipinski definition) is 1. The molecule has 0 amide bonds. The number of rotatable bonds is 6. The zero-order chi connectivity index (χ0) is 15.2. The van der Waals surface area contributed by atoms with E-state index in [4.69, 9.17) is 9.84 Å². The minimum absolute atomic E-state index is 0.0850. The molecule has 2 atom stereocenters. The summed E-state index contributed by atoms with van der Waals surface area (Å²) in [6, 6.07) is 9.13. The Balaban J connectivity index is 2.06. The SMILES string of the molecule is CCc1ccc(C(CC)N2CCOC(CC(=O)O)C2)cc1. The van der Waals surface area contributed by atoms with Crippen molar-refractivity contribution in [2.45, 2.75) is 45.3 Å². The minimum atomic E-state index is -0.790. The van der Waals surface area contributed by atoms with Gasteiger partial charge in [-0.1, -0.05) is 38.1 Å². The van der Waals surface area contributed by atoms with Gasteiger partial charge in [-0.15, -0.1) is 0 Å². The highest BCUT2D eigenvalue weighted by Gasteiger charge is 2.27. The van der Waals surface area contributed by atoms with E-state index in [1.165, 1.54) is 11.1 Å². The Morgan fingerprint density at radius 1 is 1.38 bits per heavy atom. The summed E-state index contributed by atoms with van der Waals surface area (Å²) in [6.07, 6.45) is 1.96. The van der Waals surface area contributed by atoms with Gasteiger partial charge in [0.1, 0.15) is 0 Å². The molecule has 4 heteroatoms. The van der Waals surface area contributed by atoms with Gasteiger partial charge in [-0.25, -0.2) is 0 Å². The van der Waals surface area contributed by atoms with E-state index in [2.05, 4.69) is 43.0 Å². The third-order valence-electron chi connectivity index (χ3n) is 4.17. The summed E-state index contributed by atoms with van der Waals surface area (Å²) in [5.74, 6) is -0.790. The van der Waals surface area contributed by atoms with Crippen molar-refractivity contribution in [2.24, 2.45) is 0 Å². The predicted octanol–water partition coefficient (Wildman–Crippen LogP) is 2.88. The van der Waals surface area contributed by atoms with Crippen LogP contribution in [0.2, 0.25) is 0 Å². The Labute approximate surface area is 126 Å². The molecule has 2 unspecified atom stereocenters. The summed E-state index contributed by atoms with van der Waals surface area (Å²) in [6.45, 7) is 6.51. The molecule has 1 aliphatic heterocycles. The van der Waals surface area contributed by atoms with Crippen molar-refractivity contribution in [2.75, 3.05) is 19.7 Å². The van der Waals surface area contributed by atoms with Gasteiger partial charge < -0.3 is 9.84 Å². The smallest absolute Gasteiger partial charge is 0.306 e. The van der Waals surface area contributed by atoms with Crippen molar-refractivity contribution in [3.63, 3.8) is 0 Å². The zero-order valence-corrected chi connectivity index (χ0v) is 12.9. The first-order valence-corrected chi connectivity index (χ1v) is 7.80. The van der Waals surface area contributed by atoms with E-state index in [1.54, 1.807) is 0 Å². The molecule has 0 spiro atoms. The fourth-order valence-electron chi connectivity index (χ4n) is 3.02. The molecule has 2 rings (SSSR count). The fraction of sp³-hybridized carbons (Fsp3) is 0.588. The molecule has 1 fully saturated rings. The van der Waals surface area contributed by atoms with Crippen LogP contribution < -0.4 is 0 Å². The third kappa shape index (κ3) is 4.29. The fourth-order valence-corrected chi connectivity index (χ4v) is 3.02. The summed E-state index contributed by atoms with van der Waals surface area (Å²) in [4.78, 5) is 13.2. The van der Waals surface area contributed by atoms with Crippen molar-refractivity contribution in [3.05, 3.63) is 35.4 Å². The molecule has 0 radical (unpaired) electrons. The number of aryl methyl sites for hydroxylation is 1. The van der Waals surface area contributed by atoms with Gasteiger partial charge in [0.15, 0.2) is 0 Å². The number of nitrogens with zero attached hydrogens (tertiary/aromatic N) is 1. The van der Waals surface area contributed by atoms with Crippen molar-refractivity contribution in [1.82, 2.24) is 4.90 Å². The van der Waals surface area contributed by atoms with Crippen LogP contribution in [0.5, 0.6) is 0 Å². The topological polar surface area (TPSA) is 49.8 Å². The number of carbonyl (C=O) groups is 1. The molecule has 0 aromatic heterocycles. The zero-order valence-electron chi connectivity index (χ0n) is 12.9. The van der Waals surface area contributed by atoms with E-state index >= 15 is 0 Å². The van der Waals surface area contributed by atoms with Crippen LogP contribution in [0.25, 0.3) is 0 Å². The predicted molar refractivity (Wildman–Crippen MR) is 82.4 cm³/mol. The number of carboxylic acid groups (broad SMARTS) is 1. The molecule has 1 aliphatic rings. The second-order valence-electron chi connectivity index (χ2n) is 5.60. The monoisotopic (exact) mass is 291 g/mol. The molecule has 4 nitrogen and oxygen atoms in total. The molecule has 1 N–H and O–H groups in total. The lowest BCUT2D eigenvalue weighted by Gasteiger charge is -2.38. The van der Waals surface area contributed by atoms with Crippen molar-refractivity contribution >= 4 is 5.97 Å². The summed E-state index contributed by atoms with van der Waals surface area (Å²) in [5, 5.41) is 8.92. The standard InChI is InChI=1S/C17H25NO3/c1-3-13-5-7-14(8-6-13)16(4-2)18-9-10-21-15(12-18)11-17(19)20/h5-8,15-16H,3-4,9-12H2,1-2H3,(H,19,20). The second kappa shape index (κ2) is 7.57. The lowest BCUT2D eigenvalue weighted by Crippen LogP contribution is -2.44. The van der Waals surface area contributed by atoms with Crippen LogP contribution in [0.15, 0.2) is 24.3 Å². The lowest BCUT2D eigenvalue weighted by atomic mass is 9.99. The van der Waals surface area contributed by atoms with Gasteiger partial charge in [-0.05, 0) is 24.0 Å². The highest BCUT2D eigenvalue weighted by molar-refractivity contribution is 5.67. The van der Waals surface area contributed by atoms with Gasteiger partial charge in [0, 0.05) is 19.1 Å². The molecule has 1 aromatic carbocycles. The molecule has 0 aliphatic carbocycles. The Kier molecular flexibility index (Phi) is 5.76. The van der Waals surface area contributed by atoms with Gasteiger partial charge in [0.2, 0.25) is 0 Å². The molecule has 1 heterocycles. The molecule has 0 bridgehead atoms. The van der Waals surface area contributed by atoms with Gasteiger partial charge in [-0.2, -0.15) is 0 Å². The van der Waals surface area contributed by atoms with Crippen LogP contribution in [0.1, 0.15) is 43.9 Å². The Morgan fingerprint density at radius 3 is 2.67 bits per heavy atom. The number of aliphatic carboxylic acids is 1. The highest BCUT2D eigenvalue weighted by Crippen LogP contribution is 2.27. The Morgan fingerprint density at radius 2 is 2.10 bits per heavy atom. The van der Waals surface area contributed by atoms with E-state index in [1.807, 2.05) is 0 Å². The maximum atomic E-state index is 10.9. The summed E-state index contributed by atoms with van der Waals surface area (Å²) < 4.78 is 5.56. The molecular weight excluding hydrogens is 266 g/mol. The number of carboxylic acids is 1. The van der Waals surface area contributed by atoms with Gasteiger partial charge in [-0.3, -0.25) is 9.69 Å². The van der Waals surface area contributed by atoms with E-state index < -0.39 is 5.97 Å². The Bertz CT molecular complexity index is 458. The average molecular weight is 291 g/mol. The number of morpholine rings is 1. The van der Waals surface area contributed by atoms with Gasteiger partial charge in [0.25, 0.3) is 0 Å². The van der Waals surface area contributed by atoms with Crippen molar-refractivity contribution in [1.29, 1.82) is 0 Å². The van der Waals surface area contributed by atoms with Crippen LogP contribution >= 0.6 is 0 Å². The first kappa shape index (κ1) is 16.0. The maximum absolute atomic E-state index is 10.9. The normalized spacial score (nSPS) is 21.1. The first-order valence-electron chi connectivity index (χ1n) is 7.80.